The minimum atomic E-state index is -0.238. The number of rotatable bonds is 5. The molecule has 0 spiro atoms. The predicted molar refractivity (Wildman–Crippen MR) is 87.6 cm³/mol. The Morgan fingerprint density at radius 1 is 1.23 bits per heavy atom. The monoisotopic (exact) mass is 320 g/mol. The van der Waals surface area contributed by atoms with E-state index in [-0.39, 0.29) is 5.82 Å². The number of aromatic nitrogens is 1. The Kier molecular flexibility index (Phi) is 6.15. The van der Waals surface area contributed by atoms with E-state index in [4.69, 9.17) is 11.6 Å². The zero-order valence-corrected chi connectivity index (χ0v) is 13.1. The molecule has 2 N–H and O–H groups in total. The van der Waals surface area contributed by atoms with Gasteiger partial charge in [0.1, 0.15) is 11.0 Å². The lowest BCUT2D eigenvalue weighted by Crippen LogP contribution is -2.37. The molecule has 0 saturated carbocycles. The molecule has 116 valence electrons. The topological polar surface area (TPSA) is 49.3 Å². The number of nitrogens with zero attached hydrogens (tertiary/aromatic N) is 2. The summed E-state index contributed by atoms with van der Waals surface area (Å²) in [4.78, 5) is 8.17. The molecule has 0 atom stereocenters. The first-order chi connectivity index (χ1) is 10.7. The van der Waals surface area contributed by atoms with E-state index in [1.807, 2.05) is 12.1 Å². The number of hydrogen-bond donors (Lipinski definition) is 2. The second-order valence-corrected chi connectivity index (χ2v) is 5.11. The minimum Gasteiger partial charge on any atom is -0.356 e. The van der Waals surface area contributed by atoms with Gasteiger partial charge in [0.15, 0.2) is 5.96 Å². The third kappa shape index (κ3) is 5.33. The molecule has 0 aliphatic rings. The van der Waals surface area contributed by atoms with Gasteiger partial charge in [0, 0.05) is 26.3 Å². The standard InChI is InChI=1S/C16H18ClFN4/c1-19-16(22-11-13-3-2-4-14(18)9-13)20-8-7-12-5-6-15(17)21-10-12/h2-6,9-10H,7-8,11H2,1H3,(H2,19,20,22). The summed E-state index contributed by atoms with van der Waals surface area (Å²) in [6, 6.07) is 10.2. The normalized spacial score (nSPS) is 11.3. The Bertz CT molecular complexity index is 628. The van der Waals surface area contributed by atoms with Crippen molar-refractivity contribution in [3.8, 4) is 0 Å². The van der Waals surface area contributed by atoms with Gasteiger partial charge in [-0.15, -0.1) is 0 Å². The predicted octanol–water partition coefficient (Wildman–Crippen LogP) is 2.78. The van der Waals surface area contributed by atoms with Crippen molar-refractivity contribution in [2.45, 2.75) is 13.0 Å². The van der Waals surface area contributed by atoms with Crippen LogP contribution in [0.5, 0.6) is 0 Å². The average Bonchev–Trinajstić information content (AvgIpc) is 2.52. The quantitative estimate of drug-likeness (QED) is 0.506. The highest BCUT2D eigenvalue weighted by Gasteiger charge is 2.00. The summed E-state index contributed by atoms with van der Waals surface area (Å²) in [5, 5.41) is 6.84. The van der Waals surface area contributed by atoms with E-state index in [1.54, 1.807) is 25.4 Å². The van der Waals surface area contributed by atoms with Gasteiger partial charge in [-0.2, -0.15) is 0 Å². The van der Waals surface area contributed by atoms with E-state index in [1.165, 1.54) is 12.1 Å². The Labute approximate surface area is 134 Å². The minimum absolute atomic E-state index is 0.238. The van der Waals surface area contributed by atoms with E-state index in [2.05, 4.69) is 20.6 Å². The summed E-state index contributed by atoms with van der Waals surface area (Å²) in [6.45, 7) is 1.23. The number of pyridine rings is 1. The van der Waals surface area contributed by atoms with Crippen molar-refractivity contribution < 1.29 is 4.39 Å². The molecular weight excluding hydrogens is 303 g/mol. The summed E-state index contributed by atoms with van der Waals surface area (Å²) in [5.41, 5.74) is 1.96. The number of halogens is 2. The lowest BCUT2D eigenvalue weighted by molar-refractivity contribution is 0.624. The summed E-state index contributed by atoms with van der Waals surface area (Å²) in [5.74, 6) is 0.434. The lowest BCUT2D eigenvalue weighted by Gasteiger charge is -2.12. The van der Waals surface area contributed by atoms with E-state index in [0.717, 1.165) is 17.5 Å². The van der Waals surface area contributed by atoms with Gasteiger partial charge in [-0.1, -0.05) is 29.8 Å². The summed E-state index contributed by atoms with van der Waals surface area (Å²) >= 11 is 5.75. The molecule has 1 aromatic carbocycles. The molecular formula is C16H18ClFN4. The Morgan fingerprint density at radius 3 is 2.77 bits per heavy atom. The summed E-state index contributed by atoms with van der Waals surface area (Å²) in [7, 11) is 1.70. The van der Waals surface area contributed by atoms with Crippen molar-refractivity contribution >= 4 is 17.6 Å². The SMILES string of the molecule is CN=C(NCCc1ccc(Cl)nc1)NCc1cccc(F)c1. The van der Waals surface area contributed by atoms with Crippen LogP contribution in [0.25, 0.3) is 0 Å². The third-order valence-electron chi connectivity index (χ3n) is 3.07. The fourth-order valence-corrected chi connectivity index (χ4v) is 2.04. The summed E-state index contributed by atoms with van der Waals surface area (Å²) in [6.07, 6.45) is 2.57. The fraction of sp³-hybridized carbons (Fsp3) is 0.250. The second kappa shape index (κ2) is 8.34. The molecule has 0 radical (unpaired) electrons. The molecule has 0 fully saturated rings. The van der Waals surface area contributed by atoms with Crippen LogP contribution in [0, 0.1) is 5.82 Å². The maximum absolute atomic E-state index is 13.1. The third-order valence-corrected chi connectivity index (χ3v) is 3.29. The van der Waals surface area contributed by atoms with Crippen LogP contribution >= 0.6 is 11.6 Å². The highest BCUT2D eigenvalue weighted by atomic mass is 35.5. The smallest absolute Gasteiger partial charge is 0.191 e. The van der Waals surface area contributed by atoms with E-state index < -0.39 is 0 Å². The molecule has 0 aliphatic carbocycles. The highest BCUT2D eigenvalue weighted by Crippen LogP contribution is 2.05. The first-order valence-electron chi connectivity index (χ1n) is 6.97. The largest absolute Gasteiger partial charge is 0.356 e. The highest BCUT2D eigenvalue weighted by molar-refractivity contribution is 6.29. The molecule has 22 heavy (non-hydrogen) atoms. The molecule has 0 saturated heterocycles. The van der Waals surface area contributed by atoms with E-state index >= 15 is 0 Å². The lowest BCUT2D eigenvalue weighted by atomic mass is 10.2. The average molecular weight is 321 g/mol. The van der Waals surface area contributed by atoms with Crippen molar-refractivity contribution in [3.05, 3.63) is 64.7 Å². The molecule has 0 aliphatic heterocycles. The van der Waals surface area contributed by atoms with E-state index in [0.29, 0.717) is 24.2 Å². The van der Waals surface area contributed by atoms with Crippen LogP contribution in [-0.4, -0.2) is 24.5 Å². The molecule has 1 heterocycles. The number of guanidine groups is 1. The first-order valence-corrected chi connectivity index (χ1v) is 7.34. The van der Waals surface area contributed by atoms with Gasteiger partial charge in [0.2, 0.25) is 0 Å². The Balaban J connectivity index is 1.76. The fourth-order valence-electron chi connectivity index (χ4n) is 1.93. The summed E-state index contributed by atoms with van der Waals surface area (Å²) < 4.78 is 13.1. The second-order valence-electron chi connectivity index (χ2n) is 4.72. The number of benzene rings is 1. The van der Waals surface area contributed by atoms with Crippen LogP contribution in [0.1, 0.15) is 11.1 Å². The van der Waals surface area contributed by atoms with Crippen molar-refractivity contribution in [1.82, 2.24) is 15.6 Å². The van der Waals surface area contributed by atoms with Crippen LogP contribution in [0.15, 0.2) is 47.6 Å². The molecule has 0 unspecified atom stereocenters. The van der Waals surface area contributed by atoms with Crippen LogP contribution in [0.2, 0.25) is 5.15 Å². The van der Waals surface area contributed by atoms with Crippen molar-refractivity contribution in [2.24, 2.45) is 4.99 Å². The molecule has 1 aromatic heterocycles. The number of hydrogen-bond acceptors (Lipinski definition) is 2. The van der Waals surface area contributed by atoms with Gasteiger partial charge in [-0.3, -0.25) is 4.99 Å². The van der Waals surface area contributed by atoms with Crippen molar-refractivity contribution in [3.63, 3.8) is 0 Å². The van der Waals surface area contributed by atoms with Crippen molar-refractivity contribution in [2.75, 3.05) is 13.6 Å². The molecule has 0 bridgehead atoms. The van der Waals surface area contributed by atoms with Gasteiger partial charge in [0.25, 0.3) is 0 Å². The number of aliphatic imine (C=N–C) groups is 1. The zero-order valence-electron chi connectivity index (χ0n) is 12.3. The van der Waals surface area contributed by atoms with E-state index in [9.17, 15) is 4.39 Å². The zero-order chi connectivity index (χ0) is 15.8. The van der Waals surface area contributed by atoms with Gasteiger partial charge in [-0.05, 0) is 35.7 Å². The van der Waals surface area contributed by atoms with Crippen molar-refractivity contribution in [1.29, 1.82) is 0 Å². The van der Waals surface area contributed by atoms with Crippen LogP contribution in [0.3, 0.4) is 0 Å². The number of nitrogens with one attached hydrogen (secondary N) is 2. The molecule has 4 nitrogen and oxygen atoms in total. The van der Waals surface area contributed by atoms with Crippen LogP contribution < -0.4 is 10.6 Å². The van der Waals surface area contributed by atoms with Crippen LogP contribution in [0.4, 0.5) is 4.39 Å². The van der Waals surface area contributed by atoms with Gasteiger partial charge in [0.05, 0.1) is 0 Å². The molecule has 6 heteroatoms. The maximum atomic E-state index is 13.1. The molecule has 2 aromatic rings. The molecule has 0 amide bonds. The van der Waals surface area contributed by atoms with Gasteiger partial charge < -0.3 is 10.6 Å². The maximum Gasteiger partial charge on any atom is 0.191 e. The first kappa shape index (κ1) is 16.2. The van der Waals surface area contributed by atoms with Gasteiger partial charge in [-0.25, -0.2) is 9.37 Å². The molecule has 2 rings (SSSR count). The van der Waals surface area contributed by atoms with Gasteiger partial charge >= 0.3 is 0 Å². The Morgan fingerprint density at radius 2 is 2.09 bits per heavy atom. The Hall–Kier alpha value is -2.14. The van der Waals surface area contributed by atoms with Crippen LogP contribution in [-0.2, 0) is 13.0 Å².